The number of nitrogens with zero attached hydrogens (tertiary/aromatic N) is 4. The molecule has 0 radical (unpaired) electrons. The number of benzene rings is 1. The summed E-state index contributed by atoms with van der Waals surface area (Å²) in [4.78, 5) is 19.1. The van der Waals surface area contributed by atoms with E-state index in [4.69, 9.17) is 14.2 Å². The van der Waals surface area contributed by atoms with Crippen molar-refractivity contribution in [2.24, 2.45) is 0 Å². The third-order valence-electron chi connectivity index (χ3n) is 6.89. The van der Waals surface area contributed by atoms with Crippen molar-refractivity contribution in [3.63, 3.8) is 0 Å². The molecule has 0 spiro atoms. The molecule has 4 rings (SSSR count). The molecule has 1 aromatic carbocycles. The predicted octanol–water partition coefficient (Wildman–Crippen LogP) is 7.90. The van der Waals surface area contributed by atoms with Crippen LogP contribution in [0.2, 0.25) is 0 Å². The molecule has 7 nitrogen and oxygen atoms in total. The maximum Gasteiger partial charge on any atom is 0.410 e. The molecule has 1 saturated heterocycles. The molecule has 1 fully saturated rings. The number of fused-ring (bicyclic) bond motifs is 1. The molecule has 0 saturated carbocycles. The van der Waals surface area contributed by atoms with Crippen LogP contribution in [-0.4, -0.2) is 37.8 Å². The Kier molecular flexibility index (Phi) is 8.70. The number of likely N-dealkylation sites (tertiary alicyclic amines) is 1. The minimum atomic E-state index is -0.539. The first-order valence-corrected chi connectivity index (χ1v) is 13.8. The van der Waals surface area contributed by atoms with E-state index in [0.29, 0.717) is 18.3 Å². The van der Waals surface area contributed by atoms with Crippen molar-refractivity contribution in [2.45, 2.75) is 110 Å². The highest BCUT2D eigenvalue weighted by atomic mass is 16.6. The van der Waals surface area contributed by atoms with Crippen LogP contribution in [-0.2, 0) is 11.3 Å². The zero-order valence-corrected chi connectivity index (χ0v) is 22.5. The Morgan fingerprint density at radius 2 is 1.83 bits per heavy atom. The van der Waals surface area contributed by atoms with Gasteiger partial charge in [-0.3, -0.25) is 4.90 Å². The van der Waals surface area contributed by atoms with Crippen LogP contribution in [0.25, 0.3) is 22.3 Å². The fourth-order valence-corrected chi connectivity index (χ4v) is 4.98. The van der Waals surface area contributed by atoms with Crippen LogP contribution in [0, 0.1) is 0 Å². The number of hydrogen-bond acceptors (Lipinski definition) is 5. The third-order valence-corrected chi connectivity index (χ3v) is 6.89. The zero-order valence-electron chi connectivity index (χ0n) is 22.5. The van der Waals surface area contributed by atoms with Crippen LogP contribution >= 0.6 is 0 Å². The van der Waals surface area contributed by atoms with Crippen molar-refractivity contribution in [2.75, 3.05) is 6.54 Å². The standard InChI is InChI=1S/C29H42N4O3/c1-5-6-7-8-9-10-11-12-18-32-20-17-22-15-16-23(21-25(22)32)26-30-27(36-31-26)24-14-13-19-33(24)28(34)35-29(2,3)4/h15-17,20-21,24H,5-14,18-19H2,1-4H3/t24-/m0/s1. The molecule has 1 atom stereocenters. The highest BCUT2D eigenvalue weighted by molar-refractivity contribution is 5.84. The molecule has 36 heavy (non-hydrogen) atoms. The van der Waals surface area contributed by atoms with Crippen molar-refractivity contribution < 1.29 is 14.1 Å². The lowest BCUT2D eigenvalue weighted by molar-refractivity contribution is 0.0199. The second-order valence-corrected chi connectivity index (χ2v) is 11.0. The number of carbonyl (C=O) groups excluding carboxylic acids is 1. The second kappa shape index (κ2) is 11.9. The highest BCUT2D eigenvalue weighted by Crippen LogP contribution is 2.33. The van der Waals surface area contributed by atoms with Crippen LogP contribution < -0.4 is 0 Å². The van der Waals surface area contributed by atoms with Crippen molar-refractivity contribution in [3.8, 4) is 11.4 Å². The molecular weight excluding hydrogens is 452 g/mol. The topological polar surface area (TPSA) is 73.4 Å². The number of ether oxygens (including phenoxy) is 1. The van der Waals surface area contributed by atoms with Gasteiger partial charge >= 0.3 is 6.09 Å². The Morgan fingerprint density at radius 1 is 1.08 bits per heavy atom. The van der Waals surface area contributed by atoms with Gasteiger partial charge in [0.1, 0.15) is 11.6 Å². The van der Waals surface area contributed by atoms with Crippen LogP contribution in [0.1, 0.15) is 104 Å². The van der Waals surface area contributed by atoms with Crippen molar-refractivity contribution >= 4 is 17.0 Å². The van der Waals surface area contributed by atoms with E-state index in [1.54, 1.807) is 4.90 Å². The summed E-state index contributed by atoms with van der Waals surface area (Å²) in [5.74, 6) is 1.03. The Balaban J connectivity index is 1.39. The number of amides is 1. The van der Waals surface area contributed by atoms with Gasteiger partial charge in [-0.15, -0.1) is 0 Å². The Bertz CT molecular complexity index is 1130. The van der Waals surface area contributed by atoms with Gasteiger partial charge < -0.3 is 13.8 Å². The molecule has 1 aliphatic heterocycles. The van der Waals surface area contributed by atoms with Crippen molar-refractivity contribution in [1.29, 1.82) is 0 Å². The zero-order chi connectivity index (χ0) is 25.5. The van der Waals surface area contributed by atoms with Gasteiger partial charge in [-0.25, -0.2) is 4.79 Å². The first kappa shape index (κ1) is 26.2. The van der Waals surface area contributed by atoms with Gasteiger partial charge in [0.15, 0.2) is 0 Å². The van der Waals surface area contributed by atoms with Gasteiger partial charge in [0.2, 0.25) is 11.7 Å². The lowest BCUT2D eigenvalue weighted by atomic mass is 10.1. The average Bonchev–Trinajstić information content (AvgIpc) is 3.58. The SMILES string of the molecule is CCCCCCCCCCn1ccc2ccc(-c3noc([C@@H]4CCCN4C(=O)OC(C)(C)C)n3)cc21. The van der Waals surface area contributed by atoms with Gasteiger partial charge in [0.05, 0.1) is 0 Å². The van der Waals surface area contributed by atoms with Gasteiger partial charge in [-0.05, 0) is 57.6 Å². The minimum Gasteiger partial charge on any atom is -0.444 e. The number of aryl methyl sites for hydroxylation is 1. The van der Waals surface area contributed by atoms with Gasteiger partial charge in [0, 0.05) is 30.4 Å². The summed E-state index contributed by atoms with van der Waals surface area (Å²) in [5, 5.41) is 5.48. The third kappa shape index (κ3) is 6.68. The molecule has 1 amide bonds. The summed E-state index contributed by atoms with van der Waals surface area (Å²) in [6.07, 6.45) is 14.1. The molecule has 1 aliphatic rings. The Hall–Kier alpha value is -2.83. The molecule has 0 N–H and O–H groups in total. The number of carbonyl (C=O) groups is 1. The summed E-state index contributed by atoms with van der Waals surface area (Å²) in [5.41, 5.74) is 1.58. The highest BCUT2D eigenvalue weighted by Gasteiger charge is 2.36. The summed E-state index contributed by atoms with van der Waals surface area (Å²) in [7, 11) is 0. The average molecular weight is 495 g/mol. The van der Waals surface area contributed by atoms with E-state index >= 15 is 0 Å². The van der Waals surface area contributed by atoms with Crippen molar-refractivity contribution in [1.82, 2.24) is 19.6 Å². The molecular formula is C29H42N4O3. The van der Waals surface area contributed by atoms with Crippen LogP contribution in [0.4, 0.5) is 4.79 Å². The molecule has 0 aliphatic carbocycles. The normalized spacial score (nSPS) is 16.2. The molecule has 0 unspecified atom stereocenters. The summed E-state index contributed by atoms with van der Waals surface area (Å²) < 4.78 is 13.6. The van der Waals surface area contributed by atoms with Crippen LogP contribution in [0.3, 0.4) is 0 Å². The van der Waals surface area contributed by atoms with E-state index in [1.807, 2.05) is 26.8 Å². The summed E-state index contributed by atoms with van der Waals surface area (Å²) in [6, 6.07) is 8.24. The van der Waals surface area contributed by atoms with Gasteiger partial charge in [-0.2, -0.15) is 4.98 Å². The lowest BCUT2D eigenvalue weighted by Gasteiger charge is -2.26. The molecule has 196 valence electrons. The number of hydrogen-bond donors (Lipinski definition) is 0. The molecule has 0 bridgehead atoms. The second-order valence-electron chi connectivity index (χ2n) is 11.0. The summed E-state index contributed by atoms with van der Waals surface area (Å²) in [6.45, 7) is 9.55. The van der Waals surface area contributed by atoms with Crippen molar-refractivity contribution in [3.05, 3.63) is 36.4 Å². The largest absolute Gasteiger partial charge is 0.444 e. The van der Waals surface area contributed by atoms with Crippen LogP contribution in [0.5, 0.6) is 0 Å². The Morgan fingerprint density at radius 3 is 2.58 bits per heavy atom. The number of unbranched alkanes of at least 4 members (excludes halogenated alkanes) is 7. The van der Waals surface area contributed by atoms with E-state index in [9.17, 15) is 4.79 Å². The maximum atomic E-state index is 12.7. The molecule has 2 aromatic heterocycles. The van der Waals surface area contributed by atoms with Gasteiger partial charge in [0.25, 0.3) is 0 Å². The molecule has 3 aromatic rings. The molecule has 3 heterocycles. The fraction of sp³-hybridized carbons (Fsp3) is 0.621. The van der Waals surface area contributed by atoms with Crippen LogP contribution in [0.15, 0.2) is 35.0 Å². The van der Waals surface area contributed by atoms with E-state index in [1.165, 1.54) is 62.3 Å². The van der Waals surface area contributed by atoms with E-state index in [0.717, 1.165) is 24.9 Å². The lowest BCUT2D eigenvalue weighted by Crippen LogP contribution is -2.36. The fourth-order valence-electron chi connectivity index (χ4n) is 4.98. The van der Waals surface area contributed by atoms with E-state index in [2.05, 4.69) is 41.0 Å². The maximum absolute atomic E-state index is 12.7. The van der Waals surface area contributed by atoms with E-state index < -0.39 is 5.60 Å². The smallest absolute Gasteiger partial charge is 0.410 e. The quantitative estimate of drug-likeness (QED) is 0.253. The predicted molar refractivity (Wildman–Crippen MR) is 143 cm³/mol. The number of aromatic nitrogens is 3. The van der Waals surface area contributed by atoms with E-state index in [-0.39, 0.29) is 12.1 Å². The number of rotatable bonds is 11. The summed E-state index contributed by atoms with van der Waals surface area (Å²) >= 11 is 0. The minimum absolute atomic E-state index is 0.240. The first-order chi connectivity index (χ1) is 17.4. The Labute approximate surface area is 215 Å². The first-order valence-electron chi connectivity index (χ1n) is 13.8. The molecule has 7 heteroatoms. The monoisotopic (exact) mass is 494 g/mol. The van der Waals surface area contributed by atoms with Gasteiger partial charge in [-0.1, -0.05) is 69.2 Å².